The number of esters is 1. The summed E-state index contributed by atoms with van der Waals surface area (Å²) in [4.78, 5) is 53.9. The number of nitrogens with one attached hydrogen (secondary N) is 2. The van der Waals surface area contributed by atoms with Gasteiger partial charge in [0.25, 0.3) is 0 Å². The third-order valence-corrected chi connectivity index (χ3v) is 6.30. The van der Waals surface area contributed by atoms with Crippen LogP contribution in [0.15, 0.2) is 39.6 Å². The highest BCUT2D eigenvalue weighted by atomic mass is 16.6. The zero-order chi connectivity index (χ0) is 28.4. The highest BCUT2D eigenvalue weighted by Gasteiger charge is 2.44. The molecule has 2 amide bonds. The molecule has 3 rings (SSSR count). The van der Waals surface area contributed by atoms with Crippen molar-refractivity contribution in [2.75, 3.05) is 19.7 Å². The average Bonchev–Trinajstić information content (AvgIpc) is 3.48. The maximum absolute atomic E-state index is 13.1. The van der Waals surface area contributed by atoms with Crippen LogP contribution in [0.2, 0.25) is 0 Å². The number of H-pyrrole nitrogens is 1. The number of aryl methyl sites for hydroxylation is 1. The first kappa shape index (κ1) is 29.7. The number of aromatic nitrogens is 2. The first-order chi connectivity index (χ1) is 18.6. The van der Waals surface area contributed by atoms with Crippen LogP contribution in [0.1, 0.15) is 58.3 Å². The summed E-state index contributed by atoms with van der Waals surface area (Å²) < 4.78 is 20.9. The Morgan fingerprint density at radius 1 is 1.15 bits per heavy atom. The minimum absolute atomic E-state index is 0.108. The van der Waals surface area contributed by atoms with Gasteiger partial charge in [-0.2, -0.15) is 0 Å². The number of amides is 2. The van der Waals surface area contributed by atoms with Gasteiger partial charge >= 0.3 is 23.9 Å². The van der Waals surface area contributed by atoms with Gasteiger partial charge in [-0.05, 0) is 46.1 Å². The van der Waals surface area contributed by atoms with Gasteiger partial charge in [-0.15, -0.1) is 0 Å². The van der Waals surface area contributed by atoms with E-state index in [1.165, 1.54) is 4.90 Å². The van der Waals surface area contributed by atoms with Crippen LogP contribution >= 0.6 is 0 Å². The molecule has 39 heavy (non-hydrogen) atoms. The lowest BCUT2D eigenvalue weighted by molar-refractivity contribution is -0.150. The molecule has 214 valence electrons. The summed E-state index contributed by atoms with van der Waals surface area (Å²) in [5.74, 6) is -1.59. The maximum Gasteiger partial charge on any atom is 0.438 e. The van der Waals surface area contributed by atoms with E-state index in [1.54, 1.807) is 27.7 Å². The second-order valence-electron chi connectivity index (χ2n) is 10.5. The summed E-state index contributed by atoms with van der Waals surface area (Å²) >= 11 is 0. The number of alkyl carbamates (subject to hydrolysis) is 1. The molecule has 1 fully saturated rings. The number of carbonyl (C=O) groups is 3. The van der Waals surface area contributed by atoms with Crippen LogP contribution in [-0.2, 0) is 32.0 Å². The predicted octanol–water partition coefficient (Wildman–Crippen LogP) is 3.42. The fraction of sp³-hybridized carbons (Fsp3) is 0.593. The van der Waals surface area contributed by atoms with Crippen molar-refractivity contribution in [1.82, 2.24) is 20.4 Å². The van der Waals surface area contributed by atoms with Gasteiger partial charge in [-0.25, -0.2) is 14.4 Å². The second-order valence-corrected chi connectivity index (χ2v) is 10.5. The van der Waals surface area contributed by atoms with Crippen molar-refractivity contribution in [1.29, 1.82) is 0 Å². The number of aromatic amines is 1. The molecule has 0 spiro atoms. The molecule has 1 saturated heterocycles. The molecule has 12 heteroatoms. The molecule has 1 aromatic carbocycles. The SMILES string of the molecule is CCOC(=O)C(CCCCc1noc(=O)[nH]1)[C@@H]1CN(C(=O)OCc2ccccc2)C[C@H]1NC(=O)OC(C)(C)C. The number of hydrogen-bond acceptors (Lipinski definition) is 9. The number of ether oxygens (including phenoxy) is 3. The number of carbonyl (C=O) groups excluding carboxylic acids is 3. The highest BCUT2D eigenvalue weighted by molar-refractivity contribution is 5.74. The van der Waals surface area contributed by atoms with E-state index in [4.69, 9.17) is 14.2 Å². The fourth-order valence-corrected chi connectivity index (χ4v) is 4.59. The van der Waals surface area contributed by atoms with Gasteiger partial charge in [-0.1, -0.05) is 41.9 Å². The zero-order valence-electron chi connectivity index (χ0n) is 22.9. The Bertz CT molecular complexity index is 1140. The van der Waals surface area contributed by atoms with Crippen LogP contribution in [0.3, 0.4) is 0 Å². The lowest BCUT2D eigenvalue weighted by atomic mass is 9.84. The molecule has 0 saturated carbocycles. The summed E-state index contributed by atoms with van der Waals surface area (Å²) in [6.07, 6.45) is 1.02. The fourth-order valence-electron chi connectivity index (χ4n) is 4.59. The molecule has 1 aliphatic heterocycles. The summed E-state index contributed by atoms with van der Waals surface area (Å²) in [6, 6.07) is 8.77. The minimum atomic E-state index is -0.713. The molecule has 0 aliphatic carbocycles. The van der Waals surface area contributed by atoms with Gasteiger partial charge < -0.3 is 24.4 Å². The molecule has 2 N–H and O–H groups in total. The van der Waals surface area contributed by atoms with Crippen molar-refractivity contribution in [2.45, 2.75) is 71.6 Å². The number of unbranched alkanes of at least 4 members (excludes halogenated alkanes) is 1. The van der Waals surface area contributed by atoms with Crippen LogP contribution < -0.4 is 11.1 Å². The van der Waals surface area contributed by atoms with E-state index in [0.717, 1.165) is 5.56 Å². The van der Waals surface area contributed by atoms with Crippen molar-refractivity contribution >= 4 is 18.2 Å². The van der Waals surface area contributed by atoms with Crippen molar-refractivity contribution in [3.8, 4) is 0 Å². The molecule has 1 unspecified atom stereocenters. The number of hydrogen-bond donors (Lipinski definition) is 2. The average molecular weight is 547 g/mol. The molecule has 1 aliphatic rings. The van der Waals surface area contributed by atoms with E-state index in [9.17, 15) is 19.2 Å². The van der Waals surface area contributed by atoms with Crippen molar-refractivity contribution < 1.29 is 33.1 Å². The van der Waals surface area contributed by atoms with Gasteiger partial charge in [-0.3, -0.25) is 14.3 Å². The van der Waals surface area contributed by atoms with Gasteiger partial charge in [0.1, 0.15) is 12.2 Å². The Labute approximate surface area is 227 Å². The van der Waals surface area contributed by atoms with Gasteiger partial charge in [0, 0.05) is 25.4 Å². The lowest BCUT2D eigenvalue weighted by Gasteiger charge is -2.28. The Hall–Kier alpha value is -3.83. The van der Waals surface area contributed by atoms with Crippen molar-refractivity contribution in [2.24, 2.45) is 11.8 Å². The topological polar surface area (TPSA) is 153 Å². The maximum atomic E-state index is 13.1. The normalized spacial score (nSPS) is 17.9. The second kappa shape index (κ2) is 13.8. The van der Waals surface area contributed by atoms with Crippen LogP contribution in [0, 0.1) is 11.8 Å². The van der Waals surface area contributed by atoms with Crippen LogP contribution in [-0.4, -0.2) is 64.5 Å². The smallest absolute Gasteiger partial charge is 0.438 e. The molecule has 1 aromatic heterocycles. The Kier molecular flexibility index (Phi) is 10.5. The van der Waals surface area contributed by atoms with E-state index in [2.05, 4.69) is 20.0 Å². The Morgan fingerprint density at radius 2 is 1.90 bits per heavy atom. The zero-order valence-corrected chi connectivity index (χ0v) is 22.9. The van der Waals surface area contributed by atoms with Gasteiger partial charge in [0.2, 0.25) is 0 Å². The summed E-state index contributed by atoms with van der Waals surface area (Å²) in [5.41, 5.74) is 0.137. The largest absolute Gasteiger partial charge is 0.466 e. The molecule has 2 aromatic rings. The van der Waals surface area contributed by atoms with Crippen LogP contribution in [0.4, 0.5) is 9.59 Å². The number of nitrogens with zero attached hydrogens (tertiary/aromatic N) is 2. The molecule has 0 radical (unpaired) electrons. The molecule has 3 atom stereocenters. The Morgan fingerprint density at radius 3 is 2.54 bits per heavy atom. The summed E-state index contributed by atoms with van der Waals surface area (Å²) in [6.45, 7) is 7.68. The third kappa shape index (κ3) is 9.45. The van der Waals surface area contributed by atoms with E-state index in [-0.39, 0.29) is 26.3 Å². The monoisotopic (exact) mass is 546 g/mol. The number of likely N-dealkylation sites (tertiary alicyclic amines) is 1. The molecule has 12 nitrogen and oxygen atoms in total. The third-order valence-electron chi connectivity index (χ3n) is 6.30. The molecular formula is C27H38N4O8. The number of benzene rings is 1. The van der Waals surface area contributed by atoms with Crippen molar-refractivity contribution in [3.05, 3.63) is 52.3 Å². The first-order valence-electron chi connectivity index (χ1n) is 13.2. The summed E-state index contributed by atoms with van der Waals surface area (Å²) in [7, 11) is 0. The van der Waals surface area contributed by atoms with Crippen molar-refractivity contribution in [3.63, 3.8) is 0 Å². The highest BCUT2D eigenvalue weighted by Crippen LogP contribution is 2.31. The predicted molar refractivity (Wildman–Crippen MR) is 140 cm³/mol. The Balaban J connectivity index is 1.71. The summed E-state index contributed by atoms with van der Waals surface area (Å²) in [5, 5.41) is 6.52. The van der Waals surface area contributed by atoms with E-state index in [0.29, 0.717) is 31.5 Å². The standard InChI is InChI=1S/C27H38N4O8/c1-5-36-23(32)19(13-9-10-14-22-29-25(34)39-30-22)20-15-31(16-21(20)28-24(33)38-27(2,3)4)26(35)37-17-18-11-7-6-8-12-18/h6-8,11-12,19-21H,5,9-10,13-17H2,1-4H3,(H,28,33)(H,29,30,34)/t19?,20-,21+/m0/s1. The quantitative estimate of drug-likeness (QED) is 0.245. The lowest BCUT2D eigenvalue weighted by Crippen LogP contribution is -2.46. The molecule has 0 bridgehead atoms. The first-order valence-corrected chi connectivity index (χ1v) is 13.2. The minimum Gasteiger partial charge on any atom is -0.466 e. The van der Waals surface area contributed by atoms with Gasteiger partial charge in [0.15, 0.2) is 5.82 Å². The van der Waals surface area contributed by atoms with E-state index >= 15 is 0 Å². The molecule has 2 heterocycles. The van der Waals surface area contributed by atoms with Crippen LogP contribution in [0.5, 0.6) is 0 Å². The molecular weight excluding hydrogens is 508 g/mol. The van der Waals surface area contributed by atoms with E-state index < -0.39 is 47.4 Å². The van der Waals surface area contributed by atoms with Gasteiger partial charge in [0.05, 0.1) is 18.6 Å². The van der Waals surface area contributed by atoms with E-state index in [1.807, 2.05) is 30.3 Å². The number of rotatable bonds is 11. The van der Waals surface area contributed by atoms with Crippen LogP contribution in [0.25, 0.3) is 0 Å².